The van der Waals surface area contributed by atoms with Gasteiger partial charge in [-0.25, -0.2) is 0 Å². The van der Waals surface area contributed by atoms with Crippen molar-refractivity contribution in [3.8, 4) is 5.75 Å². The van der Waals surface area contributed by atoms with Crippen molar-refractivity contribution in [2.24, 2.45) is 0 Å². The van der Waals surface area contributed by atoms with E-state index in [4.69, 9.17) is 16.3 Å². The van der Waals surface area contributed by atoms with Gasteiger partial charge < -0.3 is 9.64 Å². The van der Waals surface area contributed by atoms with Crippen LogP contribution in [-0.4, -0.2) is 36.0 Å². The monoisotopic (exact) mass is 328 g/mol. The van der Waals surface area contributed by atoms with Gasteiger partial charge in [0.2, 0.25) is 0 Å². The van der Waals surface area contributed by atoms with Crippen LogP contribution < -0.4 is 4.74 Å². The van der Waals surface area contributed by atoms with Gasteiger partial charge in [0.25, 0.3) is 5.91 Å². The number of benzene rings is 1. The van der Waals surface area contributed by atoms with Crippen LogP contribution in [0.15, 0.2) is 48.2 Å². The molecule has 4 nitrogen and oxygen atoms in total. The normalized spacial score (nSPS) is 12.9. The zero-order chi connectivity index (χ0) is 16.2. The summed E-state index contributed by atoms with van der Waals surface area (Å²) in [6, 6.07) is 11.2. The molecular formula is C18H17ClN2O2. The molecule has 0 atom stereocenters. The summed E-state index contributed by atoms with van der Waals surface area (Å²) >= 11 is 6.00. The summed E-state index contributed by atoms with van der Waals surface area (Å²) in [4.78, 5) is 18.5. The molecule has 23 heavy (non-hydrogen) atoms. The highest BCUT2D eigenvalue weighted by Crippen LogP contribution is 2.29. The Kier molecular flexibility index (Phi) is 4.63. The van der Waals surface area contributed by atoms with Gasteiger partial charge in [0.15, 0.2) is 0 Å². The van der Waals surface area contributed by atoms with Crippen molar-refractivity contribution in [2.75, 3.05) is 20.2 Å². The Bertz CT molecular complexity index is 744. The number of carbonyl (C=O) groups is 1. The molecule has 0 radical (unpaired) electrons. The van der Waals surface area contributed by atoms with Crippen LogP contribution >= 0.6 is 11.6 Å². The number of aromatic nitrogens is 1. The van der Waals surface area contributed by atoms with E-state index < -0.39 is 0 Å². The number of hydrogen-bond donors (Lipinski definition) is 0. The van der Waals surface area contributed by atoms with E-state index in [0.29, 0.717) is 17.1 Å². The predicted molar refractivity (Wildman–Crippen MR) is 90.5 cm³/mol. The zero-order valence-electron chi connectivity index (χ0n) is 12.8. The van der Waals surface area contributed by atoms with Crippen LogP contribution in [0.25, 0.3) is 6.08 Å². The molecule has 3 rings (SSSR count). The smallest absolute Gasteiger partial charge is 0.253 e. The number of ether oxygens (including phenoxy) is 1. The number of halogens is 1. The highest BCUT2D eigenvalue weighted by molar-refractivity contribution is 6.30. The molecule has 0 unspecified atom stereocenters. The molecule has 5 heteroatoms. The summed E-state index contributed by atoms with van der Waals surface area (Å²) in [6.07, 6.45) is 4.33. The number of amides is 1. The van der Waals surface area contributed by atoms with E-state index in [0.717, 1.165) is 23.4 Å². The van der Waals surface area contributed by atoms with Gasteiger partial charge in [-0.2, -0.15) is 0 Å². The summed E-state index contributed by atoms with van der Waals surface area (Å²) in [5.74, 6) is 0.716. The quantitative estimate of drug-likeness (QED) is 0.865. The van der Waals surface area contributed by atoms with Crippen molar-refractivity contribution >= 4 is 23.6 Å². The van der Waals surface area contributed by atoms with E-state index in [9.17, 15) is 4.79 Å². The molecule has 0 fully saturated rings. The first-order valence-electron chi connectivity index (χ1n) is 7.42. The van der Waals surface area contributed by atoms with Gasteiger partial charge in [0.1, 0.15) is 12.4 Å². The van der Waals surface area contributed by atoms with E-state index >= 15 is 0 Å². The van der Waals surface area contributed by atoms with Crippen molar-refractivity contribution < 1.29 is 9.53 Å². The van der Waals surface area contributed by atoms with Gasteiger partial charge in [-0.3, -0.25) is 9.78 Å². The van der Waals surface area contributed by atoms with Crippen LogP contribution in [0.1, 0.15) is 11.3 Å². The average molecular weight is 329 g/mol. The fourth-order valence-corrected chi connectivity index (χ4v) is 2.63. The van der Waals surface area contributed by atoms with Crippen LogP contribution in [0, 0.1) is 0 Å². The standard InChI is InChI=1S/C18H17ClN2O2/c1-21(9-7-16-4-2-3-8-20-16)18(22)14-10-13-11-15(19)5-6-17(13)23-12-14/h2-6,8,10-11H,7,9,12H2,1H3. The molecule has 2 aromatic rings. The molecule has 0 spiro atoms. The topological polar surface area (TPSA) is 42.4 Å². The summed E-state index contributed by atoms with van der Waals surface area (Å²) in [6.45, 7) is 0.886. The van der Waals surface area contributed by atoms with E-state index in [2.05, 4.69) is 4.98 Å². The van der Waals surface area contributed by atoms with E-state index in [-0.39, 0.29) is 12.5 Å². The SMILES string of the molecule is CN(CCc1ccccn1)C(=O)C1=Cc2cc(Cl)ccc2OC1. The van der Waals surface area contributed by atoms with Crippen molar-refractivity contribution in [2.45, 2.75) is 6.42 Å². The highest BCUT2D eigenvalue weighted by atomic mass is 35.5. The van der Waals surface area contributed by atoms with Gasteiger partial charge in [0, 0.05) is 42.5 Å². The first-order valence-corrected chi connectivity index (χ1v) is 7.79. The Morgan fingerprint density at radius 1 is 1.35 bits per heavy atom. The number of likely N-dealkylation sites (N-methyl/N-ethyl adjacent to an activating group) is 1. The van der Waals surface area contributed by atoms with Crippen LogP contribution in [0.3, 0.4) is 0 Å². The molecular weight excluding hydrogens is 312 g/mol. The minimum atomic E-state index is -0.0356. The molecule has 1 amide bonds. The molecule has 0 bridgehead atoms. The minimum absolute atomic E-state index is 0.0356. The molecule has 1 aliphatic heterocycles. The van der Waals surface area contributed by atoms with Crippen molar-refractivity contribution in [3.05, 3.63) is 64.4 Å². The third-order valence-corrected chi connectivity index (χ3v) is 3.97. The number of fused-ring (bicyclic) bond motifs is 1. The number of pyridine rings is 1. The van der Waals surface area contributed by atoms with Gasteiger partial charge >= 0.3 is 0 Å². The lowest BCUT2D eigenvalue weighted by Gasteiger charge is -2.22. The maximum Gasteiger partial charge on any atom is 0.253 e. The van der Waals surface area contributed by atoms with Crippen molar-refractivity contribution in [1.82, 2.24) is 9.88 Å². The van der Waals surface area contributed by atoms with Crippen LogP contribution in [0.4, 0.5) is 0 Å². The highest BCUT2D eigenvalue weighted by Gasteiger charge is 2.20. The van der Waals surface area contributed by atoms with Gasteiger partial charge in [-0.05, 0) is 36.4 Å². The first-order chi connectivity index (χ1) is 11.1. The summed E-state index contributed by atoms with van der Waals surface area (Å²) in [5, 5.41) is 0.626. The molecule has 0 N–H and O–H groups in total. The summed E-state index contributed by atoms with van der Waals surface area (Å²) < 4.78 is 5.64. The fraction of sp³-hybridized carbons (Fsp3) is 0.222. The maximum atomic E-state index is 12.5. The number of hydrogen-bond acceptors (Lipinski definition) is 3. The summed E-state index contributed by atoms with van der Waals surface area (Å²) in [7, 11) is 1.79. The Morgan fingerprint density at radius 2 is 2.22 bits per heavy atom. The minimum Gasteiger partial charge on any atom is -0.488 e. The van der Waals surface area contributed by atoms with Crippen molar-refractivity contribution in [1.29, 1.82) is 0 Å². The van der Waals surface area contributed by atoms with Crippen LogP contribution in [-0.2, 0) is 11.2 Å². The zero-order valence-corrected chi connectivity index (χ0v) is 13.6. The number of nitrogens with zero attached hydrogens (tertiary/aromatic N) is 2. The van der Waals surface area contributed by atoms with Gasteiger partial charge in [-0.15, -0.1) is 0 Å². The lowest BCUT2D eigenvalue weighted by Crippen LogP contribution is -2.32. The molecule has 1 aromatic heterocycles. The Morgan fingerprint density at radius 3 is 3.00 bits per heavy atom. The van der Waals surface area contributed by atoms with E-state index in [1.807, 2.05) is 30.3 Å². The van der Waals surface area contributed by atoms with Crippen LogP contribution in [0.5, 0.6) is 5.75 Å². The predicted octanol–water partition coefficient (Wildman–Crippen LogP) is 3.21. The lowest BCUT2D eigenvalue weighted by molar-refractivity contribution is -0.126. The number of rotatable bonds is 4. The largest absolute Gasteiger partial charge is 0.488 e. The average Bonchev–Trinajstić information content (AvgIpc) is 2.59. The molecule has 0 saturated carbocycles. The van der Waals surface area contributed by atoms with Crippen molar-refractivity contribution in [3.63, 3.8) is 0 Å². The third-order valence-electron chi connectivity index (χ3n) is 3.74. The molecule has 0 saturated heterocycles. The summed E-state index contributed by atoms with van der Waals surface area (Å²) in [5.41, 5.74) is 2.44. The molecule has 118 valence electrons. The Labute approximate surface area is 140 Å². The molecule has 1 aliphatic rings. The lowest BCUT2D eigenvalue weighted by atomic mass is 10.1. The van der Waals surface area contributed by atoms with E-state index in [1.165, 1.54) is 0 Å². The first kappa shape index (κ1) is 15.6. The second-order valence-corrected chi connectivity index (χ2v) is 5.87. The second kappa shape index (κ2) is 6.84. The fourth-order valence-electron chi connectivity index (χ4n) is 2.45. The Balaban J connectivity index is 1.68. The number of carbonyl (C=O) groups excluding carboxylic acids is 1. The van der Waals surface area contributed by atoms with Crippen LogP contribution in [0.2, 0.25) is 5.02 Å². The molecule has 2 heterocycles. The third kappa shape index (κ3) is 3.71. The maximum absolute atomic E-state index is 12.5. The molecule has 0 aliphatic carbocycles. The van der Waals surface area contributed by atoms with Gasteiger partial charge in [-0.1, -0.05) is 17.7 Å². The second-order valence-electron chi connectivity index (χ2n) is 5.44. The Hall–Kier alpha value is -2.33. The van der Waals surface area contributed by atoms with E-state index in [1.54, 1.807) is 30.3 Å². The molecule has 1 aromatic carbocycles. The van der Waals surface area contributed by atoms with Gasteiger partial charge in [0.05, 0.1) is 5.57 Å².